The summed E-state index contributed by atoms with van der Waals surface area (Å²) in [6.07, 6.45) is 0.625. The van der Waals surface area contributed by atoms with Crippen LogP contribution in [0, 0.1) is 17.8 Å². The van der Waals surface area contributed by atoms with Crippen LogP contribution in [0.3, 0.4) is 0 Å². The maximum Gasteiger partial charge on any atom is 0.228 e. The third-order valence-electron chi connectivity index (χ3n) is 3.49. The van der Waals surface area contributed by atoms with E-state index >= 15 is 0 Å². The second kappa shape index (κ2) is 6.61. The molecule has 1 aliphatic rings. The minimum absolute atomic E-state index is 0.0190. The van der Waals surface area contributed by atoms with Gasteiger partial charge in [-0.05, 0) is 24.5 Å². The largest absolute Gasteiger partial charge is 0.497 e. The molecule has 1 saturated carbocycles. The molecule has 0 aliphatic heterocycles. The third-order valence-corrected chi connectivity index (χ3v) is 3.49. The molecule has 0 radical (unpaired) electrons. The number of nitrogens with one attached hydrogen (secondary N) is 2. The van der Waals surface area contributed by atoms with Crippen LogP contribution in [-0.4, -0.2) is 25.5 Å². The lowest BCUT2D eigenvalue weighted by Crippen LogP contribution is -2.30. The van der Waals surface area contributed by atoms with Crippen molar-refractivity contribution in [3.05, 3.63) is 24.3 Å². The van der Waals surface area contributed by atoms with E-state index in [1.165, 1.54) is 0 Å². The van der Waals surface area contributed by atoms with E-state index in [9.17, 15) is 9.59 Å². The zero-order chi connectivity index (χ0) is 15.4. The van der Waals surface area contributed by atoms with Crippen molar-refractivity contribution in [2.75, 3.05) is 19.0 Å². The predicted octanol–water partition coefficient (Wildman–Crippen LogP) is 2.04. The first-order valence-corrected chi connectivity index (χ1v) is 7.24. The van der Waals surface area contributed by atoms with Crippen molar-refractivity contribution in [3.63, 3.8) is 0 Å². The summed E-state index contributed by atoms with van der Waals surface area (Å²) >= 11 is 0. The number of anilines is 1. The maximum atomic E-state index is 12.1. The summed E-state index contributed by atoms with van der Waals surface area (Å²) in [5, 5.41) is 5.70. The molecule has 0 aromatic heterocycles. The summed E-state index contributed by atoms with van der Waals surface area (Å²) in [6, 6.07) is 7.19. The molecule has 1 aromatic rings. The highest BCUT2D eigenvalue weighted by Gasteiger charge is 2.47. The van der Waals surface area contributed by atoms with Gasteiger partial charge in [0.15, 0.2) is 0 Å². The monoisotopic (exact) mass is 290 g/mol. The van der Waals surface area contributed by atoms with Gasteiger partial charge in [0.1, 0.15) is 5.75 Å². The number of rotatable bonds is 6. The van der Waals surface area contributed by atoms with E-state index in [1.54, 1.807) is 19.2 Å². The quantitative estimate of drug-likeness (QED) is 0.842. The number of ether oxygens (including phenoxy) is 1. The first kappa shape index (κ1) is 15.4. The maximum absolute atomic E-state index is 12.1. The third kappa shape index (κ3) is 4.21. The van der Waals surface area contributed by atoms with Crippen molar-refractivity contribution in [3.8, 4) is 5.75 Å². The van der Waals surface area contributed by atoms with Crippen molar-refractivity contribution >= 4 is 17.5 Å². The Morgan fingerprint density at radius 2 is 2.00 bits per heavy atom. The van der Waals surface area contributed by atoms with E-state index in [2.05, 4.69) is 10.6 Å². The van der Waals surface area contributed by atoms with Crippen LogP contribution in [0.25, 0.3) is 0 Å². The van der Waals surface area contributed by atoms with Crippen LogP contribution in [0.4, 0.5) is 5.69 Å². The summed E-state index contributed by atoms with van der Waals surface area (Å²) in [5.74, 6) is 0.576. The van der Waals surface area contributed by atoms with Gasteiger partial charge in [-0.25, -0.2) is 0 Å². The Balaban J connectivity index is 1.84. The fourth-order valence-electron chi connectivity index (χ4n) is 2.15. The lowest BCUT2D eigenvalue weighted by Gasteiger charge is -2.08. The lowest BCUT2D eigenvalue weighted by atomic mass is 10.2. The van der Waals surface area contributed by atoms with Gasteiger partial charge in [-0.3, -0.25) is 9.59 Å². The van der Waals surface area contributed by atoms with Gasteiger partial charge in [-0.1, -0.05) is 19.9 Å². The molecule has 0 saturated heterocycles. The molecule has 2 N–H and O–H groups in total. The average molecular weight is 290 g/mol. The van der Waals surface area contributed by atoms with Crippen molar-refractivity contribution in [1.29, 1.82) is 0 Å². The number of carbonyl (C=O) groups is 2. The van der Waals surface area contributed by atoms with Gasteiger partial charge in [0, 0.05) is 18.3 Å². The van der Waals surface area contributed by atoms with Gasteiger partial charge in [-0.2, -0.15) is 0 Å². The Hall–Kier alpha value is -2.04. The van der Waals surface area contributed by atoms with Gasteiger partial charge in [0.05, 0.1) is 18.9 Å². The van der Waals surface area contributed by atoms with E-state index in [-0.39, 0.29) is 23.7 Å². The van der Waals surface area contributed by atoms with E-state index in [0.717, 1.165) is 0 Å². The number of carbonyl (C=O) groups excluding carboxylic acids is 2. The average Bonchev–Trinajstić information content (AvgIpc) is 3.25. The molecule has 1 fully saturated rings. The van der Waals surface area contributed by atoms with E-state index in [4.69, 9.17) is 4.74 Å². The molecule has 2 atom stereocenters. The van der Waals surface area contributed by atoms with E-state index in [0.29, 0.717) is 30.3 Å². The van der Waals surface area contributed by atoms with Gasteiger partial charge in [0.2, 0.25) is 11.8 Å². The number of hydrogen-bond acceptors (Lipinski definition) is 3. The summed E-state index contributed by atoms with van der Waals surface area (Å²) in [7, 11) is 1.58. The first-order valence-electron chi connectivity index (χ1n) is 7.24. The highest BCUT2D eigenvalue weighted by atomic mass is 16.5. The summed E-state index contributed by atoms with van der Waals surface area (Å²) in [6.45, 7) is 4.74. The Bertz CT molecular complexity index is 528. The smallest absolute Gasteiger partial charge is 0.228 e. The Labute approximate surface area is 125 Å². The van der Waals surface area contributed by atoms with Gasteiger partial charge < -0.3 is 15.4 Å². The fourth-order valence-corrected chi connectivity index (χ4v) is 2.15. The van der Waals surface area contributed by atoms with Gasteiger partial charge >= 0.3 is 0 Å². The number of hydrogen-bond donors (Lipinski definition) is 2. The summed E-state index contributed by atoms with van der Waals surface area (Å²) < 4.78 is 5.11. The van der Waals surface area contributed by atoms with Crippen LogP contribution in [-0.2, 0) is 9.59 Å². The number of methoxy groups -OCH3 is 1. The Morgan fingerprint density at radius 3 is 2.67 bits per heavy atom. The van der Waals surface area contributed by atoms with Crippen LogP contribution in [0.5, 0.6) is 5.75 Å². The van der Waals surface area contributed by atoms with Crippen LogP contribution in [0.15, 0.2) is 24.3 Å². The minimum atomic E-state index is -0.219. The second-order valence-corrected chi connectivity index (χ2v) is 5.81. The fraction of sp³-hybridized carbons (Fsp3) is 0.500. The summed E-state index contributed by atoms with van der Waals surface area (Å²) in [4.78, 5) is 24.0. The molecule has 0 spiro atoms. The predicted molar refractivity (Wildman–Crippen MR) is 81.1 cm³/mol. The zero-order valence-electron chi connectivity index (χ0n) is 12.7. The molecule has 2 amide bonds. The number of amides is 2. The molecular formula is C16H22N2O3. The topological polar surface area (TPSA) is 67.4 Å². The molecule has 5 heteroatoms. The highest BCUT2D eigenvalue weighted by molar-refractivity contribution is 5.99. The molecule has 21 heavy (non-hydrogen) atoms. The number of benzene rings is 1. The van der Waals surface area contributed by atoms with Crippen molar-refractivity contribution < 1.29 is 14.3 Å². The molecule has 1 aromatic carbocycles. The molecule has 5 nitrogen and oxygen atoms in total. The molecule has 0 bridgehead atoms. The Kier molecular flexibility index (Phi) is 4.83. The second-order valence-electron chi connectivity index (χ2n) is 5.81. The van der Waals surface area contributed by atoms with Crippen molar-refractivity contribution in [2.24, 2.45) is 17.8 Å². The normalized spacial score (nSPS) is 20.0. The van der Waals surface area contributed by atoms with E-state index in [1.807, 2.05) is 26.0 Å². The molecule has 0 heterocycles. The molecule has 114 valence electrons. The van der Waals surface area contributed by atoms with Crippen LogP contribution in [0.1, 0.15) is 20.3 Å². The molecular weight excluding hydrogens is 268 g/mol. The van der Waals surface area contributed by atoms with Crippen molar-refractivity contribution in [2.45, 2.75) is 20.3 Å². The highest BCUT2D eigenvalue weighted by Crippen LogP contribution is 2.39. The SMILES string of the molecule is COc1cccc(NC(=O)C2CC2C(=O)NCC(C)C)c1. The van der Waals surface area contributed by atoms with Crippen molar-refractivity contribution in [1.82, 2.24) is 5.32 Å². The lowest BCUT2D eigenvalue weighted by molar-refractivity contribution is -0.125. The van der Waals surface area contributed by atoms with Gasteiger partial charge in [0.25, 0.3) is 0 Å². The molecule has 1 aliphatic carbocycles. The summed E-state index contributed by atoms with van der Waals surface area (Å²) in [5.41, 5.74) is 0.688. The van der Waals surface area contributed by atoms with Crippen LogP contribution in [0.2, 0.25) is 0 Å². The van der Waals surface area contributed by atoms with Crippen LogP contribution >= 0.6 is 0 Å². The van der Waals surface area contributed by atoms with Gasteiger partial charge in [-0.15, -0.1) is 0 Å². The van der Waals surface area contributed by atoms with E-state index < -0.39 is 0 Å². The van der Waals surface area contributed by atoms with Crippen LogP contribution < -0.4 is 15.4 Å². The zero-order valence-corrected chi connectivity index (χ0v) is 12.7. The standard InChI is InChI=1S/C16H22N2O3/c1-10(2)9-17-15(19)13-8-14(13)16(20)18-11-5-4-6-12(7-11)21-3/h4-7,10,13-14H,8-9H2,1-3H3,(H,17,19)(H,18,20). The molecule has 2 rings (SSSR count). The minimum Gasteiger partial charge on any atom is -0.497 e. The molecule has 2 unspecified atom stereocenters. The first-order chi connectivity index (χ1) is 10.0. The Morgan fingerprint density at radius 1 is 1.29 bits per heavy atom.